The molecule has 0 spiro atoms. The molecule has 0 aromatic heterocycles. The van der Waals surface area contributed by atoms with Gasteiger partial charge in [0.1, 0.15) is 11.4 Å². The first-order chi connectivity index (χ1) is 10.2. The number of halogens is 1. The van der Waals surface area contributed by atoms with Crippen molar-refractivity contribution in [3.8, 4) is 5.75 Å². The molecule has 0 fully saturated rings. The lowest BCUT2D eigenvalue weighted by atomic mass is 10.2. The van der Waals surface area contributed by atoms with Crippen LogP contribution in [0, 0.1) is 0 Å². The van der Waals surface area contributed by atoms with Crippen molar-refractivity contribution in [2.24, 2.45) is 0 Å². The second-order valence-corrected chi connectivity index (χ2v) is 6.98. The van der Waals surface area contributed by atoms with Gasteiger partial charge in [0, 0.05) is 4.47 Å². The Morgan fingerprint density at radius 3 is 2.59 bits per heavy atom. The number of hydrogen-bond donors (Lipinski definition) is 1. The highest BCUT2D eigenvalue weighted by Crippen LogP contribution is 2.21. The van der Waals surface area contributed by atoms with Gasteiger partial charge in [-0.25, -0.2) is 4.79 Å². The van der Waals surface area contributed by atoms with Crippen molar-refractivity contribution < 1.29 is 19.0 Å². The molecule has 1 rings (SSSR count). The molecular weight excluding hydrogens is 350 g/mol. The topological polar surface area (TPSA) is 56.8 Å². The second kappa shape index (κ2) is 8.39. The third kappa shape index (κ3) is 7.66. The number of alkyl carbamates (subject to hydrolysis) is 1. The molecule has 0 aliphatic heterocycles. The molecule has 1 N–H and O–H groups in total. The van der Waals surface area contributed by atoms with Crippen LogP contribution in [0.2, 0.25) is 0 Å². The van der Waals surface area contributed by atoms with E-state index in [1.165, 1.54) is 0 Å². The molecule has 1 aromatic rings. The minimum atomic E-state index is -0.502. The molecule has 5 nitrogen and oxygen atoms in total. The van der Waals surface area contributed by atoms with E-state index in [2.05, 4.69) is 21.2 Å². The van der Waals surface area contributed by atoms with Gasteiger partial charge in [0.25, 0.3) is 0 Å². The van der Waals surface area contributed by atoms with Crippen molar-refractivity contribution in [1.82, 2.24) is 5.32 Å². The Kier molecular flexibility index (Phi) is 7.16. The Morgan fingerprint density at radius 1 is 1.32 bits per heavy atom. The third-order valence-corrected chi connectivity index (χ3v) is 3.02. The smallest absolute Gasteiger partial charge is 0.407 e. The largest absolute Gasteiger partial charge is 0.497 e. The summed E-state index contributed by atoms with van der Waals surface area (Å²) in [7, 11) is 1.62. The van der Waals surface area contributed by atoms with Gasteiger partial charge in [0.15, 0.2) is 0 Å². The van der Waals surface area contributed by atoms with E-state index in [1.54, 1.807) is 7.11 Å². The summed E-state index contributed by atoms with van der Waals surface area (Å²) >= 11 is 3.43. The third-order valence-electron chi connectivity index (χ3n) is 2.57. The zero-order valence-corrected chi connectivity index (χ0v) is 15.3. The maximum atomic E-state index is 11.6. The molecule has 0 radical (unpaired) electrons. The van der Waals surface area contributed by atoms with Gasteiger partial charge in [-0.15, -0.1) is 0 Å². The first-order valence-corrected chi connectivity index (χ1v) is 7.89. The molecule has 0 aliphatic carbocycles. The number of amides is 1. The molecule has 1 amide bonds. The van der Waals surface area contributed by atoms with Crippen molar-refractivity contribution in [1.29, 1.82) is 0 Å². The van der Waals surface area contributed by atoms with E-state index in [4.69, 9.17) is 14.2 Å². The summed E-state index contributed by atoms with van der Waals surface area (Å²) < 4.78 is 16.9. The van der Waals surface area contributed by atoms with Gasteiger partial charge < -0.3 is 19.5 Å². The van der Waals surface area contributed by atoms with Crippen molar-refractivity contribution in [3.05, 3.63) is 28.2 Å². The molecule has 0 heterocycles. The van der Waals surface area contributed by atoms with E-state index in [-0.39, 0.29) is 6.04 Å². The number of carbonyl (C=O) groups excluding carboxylic acids is 1. The Hall–Kier alpha value is -1.27. The van der Waals surface area contributed by atoms with E-state index in [9.17, 15) is 4.79 Å². The van der Waals surface area contributed by atoms with E-state index in [0.717, 1.165) is 15.8 Å². The van der Waals surface area contributed by atoms with Crippen molar-refractivity contribution >= 4 is 22.0 Å². The molecule has 0 saturated heterocycles. The van der Waals surface area contributed by atoms with Crippen molar-refractivity contribution in [2.45, 2.75) is 45.9 Å². The summed E-state index contributed by atoms with van der Waals surface area (Å²) in [4.78, 5) is 11.6. The van der Waals surface area contributed by atoms with E-state index in [1.807, 2.05) is 45.9 Å². The monoisotopic (exact) mass is 373 g/mol. The molecular formula is C16H24BrNO4. The molecule has 0 aliphatic rings. The zero-order valence-electron chi connectivity index (χ0n) is 13.7. The number of nitrogens with one attached hydrogen (secondary N) is 1. The normalized spacial score (nSPS) is 12.6. The number of carbonyl (C=O) groups is 1. The molecule has 0 unspecified atom stereocenters. The fraction of sp³-hybridized carbons (Fsp3) is 0.562. The summed E-state index contributed by atoms with van der Waals surface area (Å²) in [5.41, 5.74) is 0.494. The summed E-state index contributed by atoms with van der Waals surface area (Å²) in [6, 6.07) is 5.63. The van der Waals surface area contributed by atoms with Crippen LogP contribution in [-0.2, 0) is 16.1 Å². The molecule has 124 valence electrons. The number of methoxy groups -OCH3 is 1. The first-order valence-electron chi connectivity index (χ1n) is 7.10. The molecule has 1 aromatic carbocycles. The predicted molar refractivity (Wildman–Crippen MR) is 89.2 cm³/mol. The molecule has 6 heteroatoms. The lowest BCUT2D eigenvalue weighted by molar-refractivity contribution is 0.0442. The van der Waals surface area contributed by atoms with Crippen LogP contribution in [0.5, 0.6) is 5.75 Å². The second-order valence-electron chi connectivity index (χ2n) is 6.06. The van der Waals surface area contributed by atoms with Gasteiger partial charge >= 0.3 is 6.09 Å². The summed E-state index contributed by atoms with van der Waals surface area (Å²) in [6.07, 6.45) is -0.437. The van der Waals surface area contributed by atoms with Crippen LogP contribution >= 0.6 is 15.9 Å². The minimum absolute atomic E-state index is 0.135. The number of hydrogen-bond acceptors (Lipinski definition) is 4. The lowest BCUT2D eigenvalue weighted by Crippen LogP contribution is -2.39. The van der Waals surface area contributed by atoms with Crippen molar-refractivity contribution in [3.63, 3.8) is 0 Å². The number of ether oxygens (including phenoxy) is 3. The minimum Gasteiger partial charge on any atom is -0.497 e. The van der Waals surface area contributed by atoms with Crippen molar-refractivity contribution in [2.75, 3.05) is 13.7 Å². The zero-order chi connectivity index (χ0) is 16.8. The van der Waals surface area contributed by atoms with Gasteiger partial charge in [-0.2, -0.15) is 0 Å². The van der Waals surface area contributed by atoms with Crippen LogP contribution in [0.15, 0.2) is 22.7 Å². The van der Waals surface area contributed by atoms with Crippen LogP contribution in [0.3, 0.4) is 0 Å². The Morgan fingerprint density at radius 2 is 2.00 bits per heavy atom. The summed E-state index contributed by atoms with van der Waals surface area (Å²) in [5, 5.41) is 2.74. The van der Waals surface area contributed by atoms with Gasteiger partial charge in [-0.1, -0.05) is 15.9 Å². The van der Waals surface area contributed by atoms with Gasteiger partial charge in [0.05, 0.1) is 26.4 Å². The van der Waals surface area contributed by atoms with E-state index < -0.39 is 11.7 Å². The van der Waals surface area contributed by atoms with Gasteiger partial charge in [-0.3, -0.25) is 0 Å². The SMILES string of the molecule is COc1cc(Br)cc(COC[C@@H](C)NC(=O)OC(C)(C)C)c1. The molecule has 1 atom stereocenters. The average molecular weight is 374 g/mol. The predicted octanol–water partition coefficient (Wildman–Crippen LogP) is 3.89. The van der Waals surface area contributed by atoms with Crippen LogP contribution in [-0.4, -0.2) is 31.5 Å². The molecule has 0 saturated carbocycles. The van der Waals surface area contributed by atoms with Gasteiger partial charge in [0.2, 0.25) is 0 Å². The molecule has 0 bridgehead atoms. The highest BCUT2D eigenvalue weighted by molar-refractivity contribution is 9.10. The Bertz CT molecular complexity index is 499. The highest BCUT2D eigenvalue weighted by atomic mass is 79.9. The fourth-order valence-corrected chi connectivity index (χ4v) is 2.25. The van der Waals surface area contributed by atoms with Crippen LogP contribution in [0.25, 0.3) is 0 Å². The standard InChI is InChI=1S/C16H24BrNO4/c1-11(18-15(19)22-16(2,3)4)9-21-10-12-6-13(17)8-14(7-12)20-5/h6-8,11H,9-10H2,1-5H3,(H,18,19)/t11-/m1/s1. The maximum Gasteiger partial charge on any atom is 0.407 e. The summed E-state index contributed by atoms with van der Waals surface area (Å²) in [6.45, 7) is 8.19. The highest BCUT2D eigenvalue weighted by Gasteiger charge is 2.17. The fourth-order valence-electron chi connectivity index (χ4n) is 1.73. The quantitative estimate of drug-likeness (QED) is 0.821. The number of rotatable bonds is 6. The Balaban J connectivity index is 2.37. The lowest BCUT2D eigenvalue weighted by Gasteiger charge is -2.22. The molecule has 22 heavy (non-hydrogen) atoms. The van der Waals surface area contributed by atoms with Crippen LogP contribution < -0.4 is 10.1 Å². The average Bonchev–Trinajstić information content (AvgIpc) is 2.35. The van der Waals surface area contributed by atoms with Crippen LogP contribution in [0.1, 0.15) is 33.3 Å². The summed E-state index contributed by atoms with van der Waals surface area (Å²) in [5.74, 6) is 0.771. The van der Waals surface area contributed by atoms with E-state index in [0.29, 0.717) is 13.2 Å². The first kappa shape index (κ1) is 18.8. The van der Waals surface area contributed by atoms with E-state index >= 15 is 0 Å². The maximum absolute atomic E-state index is 11.6. The Labute approximate surface area is 140 Å². The number of benzene rings is 1. The van der Waals surface area contributed by atoms with Crippen LogP contribution in [0.4, 0.5) is 4.79 Å². The van der Waals surface area contributed by atoms with Gasteiger partial charge in [-0.05, 0) is 51.5 Å².